The molecule has 0 saturated carbocycles. The predicted octanol–water partition coefficient (Wildman–Crippen LogP) is 4.24. The minimum Gasteiger partial charge on any atom is -0.497 e. The van der Waals surface area contributed by atoms with Crippen LogP contribution in [-0.2, 0) is 10.0 Å². The molecule has 6 heteroatoms. The molecule has 148 valence electrons. The second-order valence-electron chi connectivity index (χ2n) is 6.17. The summed E-state index contributed by atoms with van der Waals surface area (Å²) in [5, 5.41) is 0. The van der Waals surface area contributed by atoms with Crippen molar-refractivity contribution in [2.75, 3.05) is 18.0 Å². The normalized spacial score (nSPS) is 10.6. The van der Waals surface area contributed by atoms with Gasteiger partial charge in [0.2, 0.25) is 0 Å². The van der Waals surface area contributed by atoms with E-state index in [-0.39, 0.29) is 11.5 Å². The van der Waals surface area contributed by atoms with Gasteiger partial charge in [-0.3, -0.25) is 0 Å². The molecular weight excluding hydrogens is 386 g/mol. The Morgan fingerprint density at radius 1 is 0.897 bits per heavy atom. The van der Waals surface area contributed by atoms with Crippen molar-refractivity contribution in [1.82, 2.24) is 0 Å². The van der Waals surface area contributed by atoms with Crippen LogP contribution < -0.4 is 13.8 Å². The lowest BCUT2D eigenvalue weighted by Gasteiger charge is -2.18. The second kappa shape index (κ2) is 9.18. The van der Waals surface area contributed by atoms with E-state index in [1.54, 1.807) is 73.8 Å². The fourth-order valence-corrected chi connectivity index (χ4v) is 3.83. The van der Waals surface area contributed by atoms with E-state index in [4.69, 9.17) is 9.47 Å². The maximum atomic E-state index is 13.2. The van der Waals surface area contributed by atoms with Gasteiger partial charge in [-0.25, -0.2) is 8.42 Å². The summed E-state index contributed by atoms with van der Waals surface area (Å²) in [5.41, 5.74) is 1.44. The summed E-state index contributed by atoms with van der Waals surface area (Å²) in [7, 11) is -2.27. The number of sulfonamides is 1. The fraction of sp³-hybridized carbons (Fsp3) is 0.130. The highest BCUT2D eigenvalue weighted by atomic mass is 32.2. The number of methoxy groups -OCH3 is 1. The van der Waals surface area contributed by atoms with Crippen LogP contribution in [-0.4, -0.2) is 22.1 Å². The molecule has 0 bridgehead atoms. The maximum absolute atomic E-state index is 13.2. The van der Waals surface area contributed by atoms with Crippen LogP contribution in [0, 0.1) is 18.9 Å². The molecule has 3 aromatic carbocycles. The quantitative estimate of drug-likeness (QED) is 0.453. The number of nitrogens with zero attached hydrogens (tertiary/aromatic N) is 1. The topological polar surface area (TPSA) is 55.8 Å². The largest absolute Gasteiger partial charge is 0.497 e. The van der Waals surface area contributed by atoms with E-state index in [9.17, 15) is 8.42 Å². The molecule has 0 heterocycles. The summed E-state index contributed by atoms with van der Waals surface area (Å²) in [4.78, 5) is 0.176. The van der Waals surface area contributed by atoms with Crippen LogP contribution in [0.2, 0.25) is 0 Å². The van der Waals surface area contributed by atoms with E-state index in [0.29, 0.717) is 17.2 Å². The monoisotopic (exact) mass is 407 g/mol. The first-order valence-electron chi connectivity index (χ1n) is 8.93. The molecule has 0 aliphatic carbocycles. The molecule has 0 aliphatic heterocycles. The first-order chi connectivity index (χ1) is 14.0. The molecular formula is C23H21NO4S. The Morgan fingerprint density at radius 3 is 2.28 bits per heavy atom. The fourth-order valence-electron chi connectivity index (χ4n) is 2.56. The molecule has 0 saturated heterocycles. The minimum atomic E-state index is -3.84. The molecule has 5 nitrogen and oxygen atoms in total. The summed E-state index contributed by atoms with van der Waals surface area (Å²) in [6.07, 6.45) is 0. The van der Waals surface area contributed by atoms with Crippen molar-refractivity contribution in [2.45, 2.75) is 11.8 Å². The summed E-state index contributed by atoms with van der Waals surface area (Å²) in [5.74, 6) is 4.05. The third kappa shape index (κ3) is 5.09. The number of anilines is 1. The third-order valence-corrected chi connectivity index (χ3v) is 5.73. The van der Waals surface area contributed by atoms with Crippen LogP contribution in [0.4, 0.5) is 5.69 Å². The van der Waals surface area contributed by atoms with E-state index in [0.717, 1.165) is 9.87 Å². The molecule has 3 rings (SSSR count). The van der Waals surface area contributed by atoms with Crippen molar-refractivity contribution in [3.8, 4) is 23.5 Å². The SMILES string of the molecule is COc1cccc(OCC#CN(c2ccccc2)S(=O)(=O)c2ccc(C)cc2)c1. The number of para-hydroxylation sites is 1. The minimum absolute atomic E-state index is 0.0277. The van der Waals surface area contributed by atoms with Crippen molar-refractivity contribution < 1.29 is 17.9 Å². The Hall–Kier alpha value is -3.43. The highest BCUT2D eigenvalue weighted by Gasteiger charge is 2.23. The van der Waals surface area contributed by atoms with Crippen LogP contribution in [0.1, 0.15) is 5.56 Å². The molecule has 3 aromatic rings. The van der Waals surface area contributed by atoms with Gasteiger partial charge >= 0.3 is 0 Å². The van der Waals surface area contributed by atoms with Crippen molar-refractivity contribution in [1.29, 1.82) is 0 Å². The number of hydrogen-bond donors (Lipinski definition) is 0. The number of aryl methyl sites for hydroxylation is 1. The third-order valence-electron chi connectivity index (χ3n) is 4.08. The molecule has 0 aromatic heterocycles. The number of rotatable bonds is 6. The molecule has 0 unspecified atom stereocenters. The summed E-state index contributed by atoms with van der Waals surface area (Å²) in [6, 6.07) is 25.3. The zero-order valence-electron chi connectivity index (χ0n) is 16.2. The van der Waals surface area contributed by atoms with Gasteiger partial charge < -0.3 is 9.47 Å². The van der Waals surface area contributed by atoms with Gasteiger partial charge in [0.1, 0.15) is 11.5 Å². The van der Waals surface area contributed by atoms with Gasteiger partial charge in [-0.1, -0.05) is 42.0 Å². The van der Waals surface area contributed by atoms with Gasteiger partial charge in [0.05, 0.1) is 17.7 Å². The highest BCUT2D eigenvalue weighted by Crippen LogP contribution is 2.23. The molecule has 0 amide bonds. The highest BCUT2D eigenvalue weighted by molar-refractivity contribution is 7.93. The van der Waals surface area contributed by atoms with Gasteiger partial charge in [0.15, 0.2) is 6.61 Å². The van der Waals surface area contributed by atoms with Crippen molar-refractivity contribution in [3.63, 3.8) is 0 Å². The molecule has 0 fully saturated rings. The van der Waals surface area contributed by atoms with Crippen LogP contribution in [0.25, 0.3) is 0 Å². The molecule has 29 heavy (non-hydrogen) atoms. The zero-order chi connectivity index (χ0) is 20.7. The van der Waals surface area contributed by atoms with Gasteiger partial charge in [-0.15, -0.1) is 0 Å². The van der Waals surface area contributed by atoms with Crippen molar-refractivity contribution in [3.05, 3.63) is 84.4 Å². The summed E-state index contributed by atoms with van der Waals surface area (Å²) >= 11 is 0. The van der Waals surface area contributed by atoms with Crippen molar-refractivity contribution in [2.24, 2.45) is 0 Å². The van der Waals surface area contributed by atoms with E-state index >= 15 is 0 Å². The maximum Gasteiger partial charge on any atom is 0.275 e. The Labute approximate surface area is 171 Å². The van der Waals surface area contributed by atoms with Crippen molar-refractivity contribution >= 4 is 15.7 Å². The average Bonchev–Trinajstić information content (AvgIpc) is 2.74. The van der Waals surface area contributed by atoms with Crippen LogP contribution in [0.15, 0.2) is 83.8 Å². The summed E-state index contributed by atoms with van der Waals surface area (Å²) < 4.78 is 38.1. The summed E-state index contributed by atoms with van der Waals surface area (Å²) in [6.45, 7) is 1.93. The smallest absolute Gasteiger partial charge is 0.275 e. The van der Waals surface area contributed by atoms with E-state index in [1.807, 2.05) is 19.1 Å². The van der Waals surface area contributed by atoms with Crippen LogP contribution in [0.3, 0.4) is 0 Å². The molecule has 0 atom stereocenters. The van der Waals surface area contributed by atoms with E-state index in [1.165, 1.54) is 0 Å². The number of ether oxygens (including phenoxy) is 2. The second-order valence-corrected chi connectivity index (χ2v) is 7.96. The van der Waals surface area contributed by atoms with E-state index < -0.39 is 10.0 Å². The van der Waals surface area contributed by atoms with Gasteiger partial charge in [0, 0.05) is 12.1 Å². The molecule has 0 spiro atoms. The Morgan fingerprint density at radius 2 is 1.59 bits per heavy atom. The zero-order valence-corrected chi connectivity index (χ0v) is 17.0. The Bertz CT molecular complexity index is 1110. The van der Waals surface area contributed by atoms with Gasteiger partial charge in [-0.05, 0) is 49.2 Å². The number of hydrogen-bond acceptors (Lipinski definition) is 4. The lowest BCUT2D eigenvalue weighted by atomic mass is 10.2. The molecule has 0 N–H and O–H groups in total. The Balaban J connectivity index is 1.85. The van der Waals surface area contributed by atoms with Crippen LogP contribution >= 0.6 is 0 Å². The lowest BCUT2D eigenvalue weighted by molar-refractivity contribution is 0.363. The number of benzene rings is 3. The van der Waals surface area contributed by atoms with Gasteiger partial charge in [0.25, 0.3) is 10.0 Å². The first kappa shape index (κ1) is 20.3. The predicted molar refractivity (Wildman–Crippen MR) is 114 cm³/mol. The van der Waals surface area contributed by atoms with Gasteiger partial charge in [-0.2, -0.15) is 4.31 Å². The van der Waals surface area contributed by atoms with E-state index in [2.05, 4.69) is 12.0 Å². The first-order valence-corrected chi connectivity index (χ1v) is 10.4. The van der Waals surface area contributed by atoms with Crippen LogP contribution in [0.5, 0.6) is 11.5 Å². The standard InChI is InChI=1S/C23H21NO4S/c1-19-12-14-23(15-13-19)29(25,26)24(20-8-4-3-5-9-20)16-7-17-28-22-11-6-10-21(18-22)27-2/h3-6,8-15,18H,17H2,1-2H3. The molecule has 0 radical (unpaired) electrons. The Kier molecular flexibility index (Phi) is 6.43. The lowest BCUT2D eigenvalue weighted by Crippen LogP contribution is -2.26. The average molecular weight is 407 g/mol. The molecule has 0 aliphatic rings.